The van der Waals surface area contributed by atoms with Crippen LogP contribution in [0.15, 0.2) is 29.1 Å². The highest BCUT2D eigenvalue weighted by molar-refractivity contribution is 5.79. The summed E-state index contributed by atoms with van der Waals surface area (Å²) in [6.07, 6.45) is 6.03. The molecule has 1 saturated carbocycles. The molecule has 1 aliphatic carbocycles. The summed E-state index contributed by atoms with van der Waals surface area (Å²) in [6, 6.07) is 8.54. The van der Waals surface area contributed by atoms with Crippen LogP contribution in [0.5, 0.6) is 0 Å². The van der Waals surface area contributed by atoms with Crippen LogP contribution in [-0.4, -0.2) is 74.4 Å². The number of nitrogens with one attached hydrogen (secondary N) is 1. The zero-order valence-corrected chi connectivity index (χ0v) is 20.1. The normalized spacial score (nSPS) is 18.2. The summed E-state index contributed by atoms with van der Waals surface area (Å²) in [5.74, 6) is 0.891. The van der Waals surface area contributed by atoms with Crippen LogP contribution in [0.1, 0.15) is 55.1 Å². The molecule has 2 aromatic heterocycles. The number of ether oxygens (including phenoxy) is 1. The number of aromatic amines is 1. The average Bonchev–Trinajstić information content (AvgIpc) is 3.32. The monoisotopic (exact) mass is 465 g/mol. The van der Waals surface area contributed by atoms with Gasteiger partial charge in [-0.05, 0) is 53.8 Å². The van der Waals surface area contributed by atoms with Gasteiger partial charge in [-0.25, -0.2) is 4.68 Å². The van der Waals surface area contributed by atoms with Gasteiger partial charge in [0.05, 0.1) is 25.8 Å². The largest absolute Gasteiger partial charge is 0.379 e. The minimum Gasteiger partial charge on any atom is -0.379 e. The zero-order chi connectivity index (χ0) is 23.3. The molecule has 0 unspecified atom stereocenters. The highest BCUT2D eigenvalue weighted by Gasteiger charge is 2.22. The van der Waals surface area contributed by atoms with E-state index < -0.39 is 0 Å². The number of morpholine rings is 1. The van der Waals surface area contributed by atoms with Gasteiger partial charge in [0.25, 0.3) is 5.56 Å². The van der Waals surface area contributed by atoms with Crippen molar-refractivity contribution in [2.24, 2.45) is 0 Å². The Hall–Kier alpha value is -2.62. The van der Waals surface area contributed by atoms with E-state index in [0.717, 1.165) is 74.5 Å². The van der Waals surface area contributed by atoms with Crippen molar-refractivity contribution in [2.45, 2.75) is 58.2 Å². The van der Waals surface area contributed by atoms with Gasteiger partial charge >= 0.3 is 0 Å². The molecule has 1 aliphatic heterocycles. The molecule has 1 saturated heterocycles. The SMILES string of the molecule is Cc1ccc2[nH]c(=O)c(CN(CCN3CCOCC3)Cc3nnnn3C3CCCCC3)cc2c1. The van der Waals surface area contributed by atoms with Gasteiger partial charge in [-0.15, -0.1) is 5.10 Å². The molecule has 9 heteroatoms. The second-order valence-electron chi connectivity index (χ2n) is 9.71. The lowest BCUT2D eigenvalue weighted by Gasteiger charge is -2.30. The van der Waals surface area contributed by atoms with Crippen molar-refractivity contribution in [1.29, 1.82) is 0 Å². The lowest BCUT2D eigenvalue weighted by Crippen LogP contribution is -2.41. The van der Waals surface area contributed by atoms with Crippen molar-refractivity contribution in [1.82, 2.24) is 35.0 Å². The first-order valence-corrected chi connectivity index (χ1v) is 12.6. The number of rotatable bonds is 8. The van der Waals surface area contributed by atoms with E-state index in [1.807, 2.05) is 22.9 Å². The average molecular weight is 466 g/mol. The first kappa shape index (κ1) is 23.1. The number of H-pyrrole nitrogens is 1. The number of benzene rings is 1. The maximum absolute atomic E-state index is 12.9. The Labute approximate surface area is 200 Å². The van der Waals surface area contributed by atoms with Crippen molar-refractivity contribution in [3.8, 4) is 0 Å². The first-order valence-electron chi connectivity index (χ1n) is 12.6. The van der Waals surface area contributed by atoms with Crippen LogP contribution in [0.3, 0.4) is 0 Å². The van der Waals surface area contributed by atoms with E-state index in [-0.39, 0.29) is 5.56 Å². The number of aromatic nitrogens is 5. The zero-order valence-electron chi connectivity index (χ0n) is 20.1. The van der Waals surface area contributed by atoms with Crippen LogP contribution >= 0.6 is 0 Å². The van der Waals surface area contributed by atoms with Crippen LogP contribution in [0.2, 0.25) is 0 Å². The second-order valence-corrected chi connectivity index (χ2v) is 9.71. The van der Waals surface area contributed by atoms with Crippen LogP contribution < -0.4 is 5.56 Å². The van der Waals surface area contributed by atoms with Crippen molar-refractivity contribution >= 4 is 10.9 Å². The van der Waals surface area contributed by atoms with E-state index in [9.17, 15) is 4.79 Å². The summed E-state index contributed by atoms with van der Waals surface area (Å²) in [6.45, 7) is 8.48. The molecule has 3 heterocycles. The summed E-state index contributed by atoms with van der Waals surface area (Å²) in [4.78, 5) is 20.7. The van der Waals surface area contributed by atoms with Crippen molar-refractivity contribution in [2.75, 3.05) is 39.4 Å². The number of hydrogen-bond acceptors (Lipinski definition) is 7. The predicted molar refractivity (Wildman–Crippen MR) is 131 cm³/mol. The molecule has 2 fully saturated rings. The van der Waals surface area contributed by atoms with Crippen LogP contribution in [-0.2, 0) is 17.8 Å². The van der Waals surface area contributed by atoms with Crippen molar-refractivity contribution < 1.29 is 4.74 Å². The summed E-state index contributed by atoms with van der Waals surface area (Å²) >= 11 is 0. The predicted octanol–water partition coefficient (Wildman–Crippen LogP) is 2.66. The second kappa shape index (κ2) is 10.8. The molecular formula is C25H35N7O2. The minimum absolute atomic E-state index is 0.0282. The van der Waals surface area contributed by atoms with E-state index in [4.69, 9.17) is 4.74 Å². The fraction of sp³-hybridized carbons (Fsp3) is 0.600. The first-order chi connectivity index (χ1) is 16.7. The Kier molecular flexibility index (Phi) is 7.32. The van der Waals surface area contributed by atoms with Gasteiger partial charge in [0.2, 0.25) is 0 Å². The third kappa shape index (κ3) is 5.54. The standard InChI is InChI=1S/C25H35N7O2/c1-19-7-8-23-20(15-19)16-21(25(33)26-23)17-31(10-9-30-11-13-34-14-12-30)18-24-27-28-29-32(24)22-5-3-2-4-6-22/h7-8,15-16,22H,2-6,9-14,17-18H2,1H3,(H,26,33). The molecule has 9 nitrogen and oxygen atoms in total. The summed E-state index contributed by atoms with van der Waals surface area (Å²) in [5, 5.41) is 13.8. The summed E-state index contributed by atoms with van der Waals surface area (Å²) in [5.41, 5.74) is 2.80. The molecule has 34 heavy (non-hydrogen) atoms. The number of hydrogen-bond donors (Lipinski definition) is 1. The van der Waals surface area contributed by atoms with Gasteiger partial charge < -0.3 is 9.72 Å². The lowest BCUT2D eigenvalue weighted by molar-refractivity contribution is 0.0322. The molecule has 0 bridgehead atoms. The molecule has 1 N–H and O–H groups in total. The van der Waals surface area contributed by atoms with Gasteiger partial charge in [-0.2, -0.15) is 0 Å². The molecule has 0 radical (unpaired) electrons. The van der Waals surface area contributed by atoms with Gasteiger partial charge in [0.15, 0.2) is 5.82 Å². The number of pyridine rings is 1. The van der Waals surface area contributed by atoms with Crippen LogP contribution in [0, 0.1) is 6.92 Å². The molecule has 0 spiro atoms. The Bertz CT molecular complexity index is 1150. The molecule has 0 atom stereocenters. The lowest BCUT2D eigenvalue weighted by atomic mass is 9.95. The Morgan fingerprint density at radius 2 is 1.94 bits per heavy atom. The summed E-state index contributed by atoms with van der Waals surface area (Å²) in [7, 11) is 0. The molecule has 5 rings (SSSR count). The van der Waals surface area contributed by atoms with Crippen molar-refractivity contribution in [3.63, 3.8) is 0 Å². The van der Waals surface area contributed by atoms with Gasteiger partial charge in [-0.1, -0.05) is 30.9 Å². The quantitative estimate of drug-likeness (QED) is 0.547. The molecular weight excluding hydrogens is 430 g/mol. The third-order valence-corrected chi connectivity index (χ3v) is 7.15. The number of nitrogens with zero attached hydrogens (tertiary/aromatic N) is 6. The van der Waals surface area contributed by atoms with Gasteiger partial charge in [0, 0.05) is 43.8 Å². The maximum Gasteiger partial charge on any atom is 0.252 e. The molecule has 1 aromatic carbocycles. The maximum atomic E-state index is 12.9. The summed E-state index contributed by atoms with van der Waals surface area (Å²) < 4.78 is 7.54. The number of fused-ring (bicyclic) bond motifs is 1. The third-order valence-electron chi connectivity index (χ3n) is 7.15. The highest BCUT2D eigenvalue weighted by atomic mass is 16.5. The highest BCUT2D eigenvalue weighted by Crippen LogP contribution is 2.28. The Balaban J connectivity index is 1.37. The van der Waals surface area contributed by atoms with E-state index in [2.05, 4.69) is 43.3 Å². The molecule has 3 aromatic rings. The van der Waals surface area contributed by atoms with E-state index >= 15 is 0 Å². The fourth-order valence-corrected chi connectivity index (χ4v) is 5.18. The fourth-order valence-electron chi connectivity index (χ4n) is 5.18. The van der Waals surface area contributed by atoms with Gasteiger partial charge in [-0.3, -0.25) is 14.6 Å². The molecule has 0 amide bonds. The van der Waals surface area contributed by atoms with Crippen LogP contribution in [0.4, 0.5) is 0 Å². The Morgan fingerprint density at radius 1 is 1.12 bits per heavy atom. The topological polar surface area (TPSA) is 92.2 Å². The number of tetrazole rings is 1. The minimum atomic E-state index is -0.0282. The van der Waals surface area contributed by atoms with E-state index in [0.29, 0.717) is 19.1 Å². The van der Waals surface area contributed by atoms with Gasteiger partial charge in [0.1, 0.15) is 0 Å². The molecule has 182 valence electrons. The Morgan fingerprint density at radius 3 is 2.76 bits per heavy atom. The van der Waals surface area contributed by atoms with Crippen molar-refractivity contribution in [3.05, 3.63) is 51.6 Å². The van der Waals surface area contributed by atoms with E-state index in [1.54, 1.807) is 0 Å². The smallest absolute Gasteiger partial charge is 0.252 e. The number of aryl methyl sites for hydroxylation is 1. The molecule has 2 aliphatic rings. The van der Waals surface area contributed by atoms with Crippen LogP contribution in [0.25, 0.3) is 10.9 Å². The van der Waals surface area contributed by atoms with E-state index in [1.165, 1.54) is 24.8 Å².